The van der Waals surface area contributed by atoms with Gasteiger partial charge in [0.2, 0.25) is 7.37 Å². The number of rotatable bonds is 9. The van der Waals surface area contributed by atoms with Crippen LogP contribution in [0.5, 0.6) is 0 Å². The van der Waals surface area contributed by atoms with Crippen LogP contribution in [-0.2, 0) is 4.57 Å². The molecule has 0 saturated heterocycles. The highest BCUT2D eigenvalue weighted by molar-refractivity contribution is 7.57. The van der Waals surface area contributed by atoms with Crippen LogP contribution in [0.25, 0.3) is 0 Å². The van der Waals surface area contributed by atoms with Gasteiger partial charge in [-0.25, -0.2) is 4.98 Å². The van der Waals surface area contributed by atoms with Gasteiger partial charge in [-0.2, -0.15) is 0 Å². The molecule has 172 valence electrons. The summed E-state index contributed by atoms with van der Waals surface area (Å²) in [6.45, 7) is 1.76. The maximum atomic E-state index is 12.9. The van der Waals surface area contributed by atoms with E-state index in [4.69, 9.17) is 0 Å². The van der Waals surface area contributed by atoms with Crippen molar-refractivity contribution in [3.63, 3.8) is 0 Å². The smallest absolute Gasteiger partial charge is 0.287 e. The molecule has 9 nitrogen and oxygen atoms in total. The van der Waals surface area contributed by atoms with Crippen molar-refractivity contribution in [2.75, 3.05) is 12.4 Å². The minimum atomic E-state index is -3.49. The van der Waals surface area contributed by atoms with Crippen molar-refractivity contribution in [2.45, 2.75) is 19.4 Å². The Morgan fingerprint density at radius 3 is 2.12 bits per heavy atom. The summed E-state index contributed by atoms with van der Waals surface area (Å²) in [5, 5.41) is 5.13. The van der Waals surface area contributed by atoms with E-state index in [9.17, 15) is 23.8 Å². The molecular weight excluding hydrogens is 443 g/mol. The molecular formula is C23H25N4O5P. The number of H-pyrrole nitrogens is 1. The van der Waals surface area contributed by atoms with E-state index in [1.54, 1.807) is 6.92 Å². The van der Waals surface area contributed by atoms with E-state index in [1.807, 2.05) is 60.7 Å². The van der Waals surface area contributed by atoms with Crippen LogP contribution in [0.2, 0.25) is 0 Å². The first-order chi connectivity index (χ1) is 15.8. The Morgan fingerprint density at radius 1 is 1.03 bits per heavy atom. The van der Waals surface area contributed by atoms with Gasteiger partial charge in [0, 0.05) is 12.4 Å². The van der Waals surface area contributed by atoms with Gasteiger partial charge in [-0.15, -0.1) is 0 Å². The van der Waals surface area contributed by atoms with Crippen LogP contribution in [0.3, 0.4) is 0 Å². The van der Waals surface area contributed by atoms with E-state index in [0.29, 0.717) is 6.42 Å². The van der Waals surface area contributed by atoms with Gasteiger partial charge in [0.25, 0.3) is 17.4 Å². The van der Waals surface area contributed by atoms with Crippen LogP contribution in [0.1, 0.15) is 51.5 Å². The number of nitrogens with zero attached hydrogens (tertiary/aromatic N) is 1. The van der Waals surface area contributed by atoms with E-state index in [0.717, 1.165) is 17.3 Å². The second-order valence-electron chi connectivity index (χ2n) is 7.44. The molecule has 33 heavy (non-hydrogen) atoms. The van der Waals surface area contributed by atoms with Crippen LogP contribution >= 0.6 is 7.37 Å². The molecule has 0 radical (unpaired) electrons. The molecule has 0 fully saturated rings. The fraction of sp³-hybridized carbons (Fsp3) is 0.217. The Morgan fingerprint density at radius 2 is 1.61 bits per heavy atom. The molecule has 2 amide bonds. The Kier molecular flexibility index (Phi) is 7.92. The fourth-order valence-corrected chi connectivity index (χ4v) is 4.49. The normalized spacial score (nSPS) is 12.7. The van der Waals surface area contributed by atoms with Crippen molar-refractivity contribution >= 4 is 19.2 Å². The average molecular weight is 468 g/mol. The number of carbonyl (C=O) groups excluding carboxylic acids is 2. The third-order valence-electron chi connectivity index (χ3n) is 4.86. The van der Waals surface area contributed by atoms with Crippen LogP contribution in [0.15, 0.2) is 71.7 Å². The monoisotopic (exact) mass is 468 g/mol. The van der Waals surface area contributed by atoms with Gasteiger partial charge in [-0.3, -0.25) is 18.9 Å². The molecule has 4 N–H and O–H groups in total. The van der Waals surface area contributed by atoms with Crippen LogP contribution in [0.4, 0.5) is 0 Å². The minimum Gasteiger partial charge on any atom is -0.343 e. The summed E-state index contributed by atoms with van der Waals surface area (Å²) < 4.78 is 11.9. The maximum Gasteiger partial charge on any atom is 0.287 e. The Labute approximate surface area is 190 Å². The van der Waals surface area contributed by atoms with Gasteiger partial charge >= 0.3 is 0 Å². The van der Waals surface area contributed by atoms with Crippen LogP contribution in [0, 0.1) is 0 Å². The number of hydrogen-bond donors (Lipinski definition) is 4. The van der Waals surface area contributed by atoms with Crippen molar-refractivity contribution in [3.05, 3.63) is 99.7 Å². The Balaban J connectivity index is 1.77. The van der Waals surface area contributed by atoms with Gasteiger partial charge in [0.05, 0.1) is 12.3 Å². The Bertz CT molecular complexity index is 1170. The third kappa shape index (κ3) is 6.47. The predicted molar refractivity (Wildman–Crippen MR) is 124 cm³/mol. The molecule has 2 aromatic carbocycles. The lowest BCUT2D eigenvalue weighted by molar-refractivity contribution is 0.0929. The first-order valence-corrected chi connectivity index (χ1v) is 12.4. The number of aromatic nitrogens is 2. The largest absolute Gasteiger partial charge is 0.343 e. The summed E-state index contributed by atoms with van der Waals surface area (Å²) in [4.78, 5) is 53.5. The highest BCUT2D eigenvalue weighted by Gasteiger charge is 2.22. The second kappa shape index (κ2) is 10.8. The summed E-state index contributed by atoms with van der Waals surface area (Å²) in [5.74, 6) is -1.82. The number of hydrogen-bond acceptors (Lipinski definition) is 5. The molecule has 0 saturated carbocycles. The van der Waals surface area contributed by atoms with E-state index < -0.39 is 37.1 Å². The zero-order valence-electron chi connectivity index (χ0n) is 18.0. The third-order valence-corrected chi connectivity index (χ3v) is 6.66. The quantitative estimate of drug-likeness (QED) is 0.356. The molecule has 0 aliphatic carbocycles. The van der Waals surface area contributed by atoms with Crippen molar-refractivity contribution in [3.8, 4) is 0 Å². The molecule has 10 heteroatoms. The number of amides is 2. The molecule has 3 aromatic rings. The number of nitrogens with one attached hydrogen (secondary N) is 3. The predicted octanol–water partition coefficient (Wildman–Crippen LogP) is 2.66. The van der Waals surface area contributed by atoms with Crippen LogP contribution in [-0.4, -0.2) is 39.1 Å². The van der Waals surface area contributed by atoms with Gasteiger partial charge in [0.15, 0.2) is 5.82 Å². The highest BCUT2D eigenvalue weighted by atomic mass is 31.2. The van der Waals surface area contributed by atoms with Crippen molar-refractivity contribution in [1.29, 1.82) is 0 Å². The fourth-order valence-electron chi connectivity index (χ4n) is 3.24. The average Bonchev–Trinajstić information content (AvgIpc) is 2.82. The molecule has 0 aliphatic heterocycles. The maximum absolute atomic E-state index is 12.9. The molecule has 0 bridgehead atoms. The van der Waals surface area contributed by atoms with Gasteiger partial charge in [-0.1, -0.05) is 67.6 Å². The lowest BCUT2D eigenvalue weighted by Gasteiger charge is -2.19. The molecule has 1 heterocycles. The molecule has 1 atom stereocenters. The Hall–Kier alpha value is -3.55. The summed E-state index contributed by atoms with van der Waals surface area (Å²) in [6, 6.07) is 18.1. The van der Waals surface area contributed by atoms with E-state index >= 15 is 0 Å². The molecule has 1 unspecified atom stereocenters. The zero-order chi connectivity index (χ0) is 23.8. The summed E-state index contributed by atoms with van der Waals surface area (Å²) in [7, 11) is -3.49. The van der Waals surface area contributed by atoms with Crippen molar-refractivity contribution in [1.82, 2.24) is 20.6 Å². The second-order valence-corrected chi connectivity index (χ2v) is 9.89. The van der Waals surface area contributed by atoms with E-state index in [2.05, 4.69) is 20.6 Å². The zero-order valence-corrected chi connectivity index (χ0v) is 18.9. The first-order valence-electron chi connectivity index (χ1n) is 10.4. The lowest BCUT2D eigenvalue weighted by atomic mass is 9.98. The SMILES string of the molecule is CCCP(=O)(O)CNC(=O)c1ncc(C(=O)NC(c2ccccc2)c2ccccc2)c(=O)[nH]1. The highest BCUT2D eigenvalue weighted by Crippen LogP contribution is 2.39. The van der Waals surface area contributed by atoms with Crippen LogP contribution < -0.4 is 16.2 Å². The van der Waals surface area contributed by atoms with Gasteiger partial charge < -0.3 is 20.5 Å². The lowest BCUT2D eigenvalue weighted by Crippen LogP contribution is -2.35. The van der Waals surface area contributed by atoms with E-state index in [-0.39, 0.29) is 17.5 Å². The summed E-state index contributed by atoms with van der Waals surface area (Å²) >= 11 is 0. The first kappa shape index (κ1) is 24.1. The summed E-state index contributed by atoms with van der Waals surface area (Å²) in [6.07, 6.45) is 1.15. The topological polar surface area (TPSA) is 141 Å². The number of carbonyl (C=O) groups is 2. The van der Waals surface area contributed by atoms with Crippen molar-refractivity contribution < 1.29 is 19.0 Å². The number of benzene rings is 2. The standard InChI is InChI=1S/C23H25N4O5P/c1-2-13-33(31,32)15-25-23(30)20-24-14-18(22(29)27-20)21(28)26-19(16-9-5-3-6-10-16)17-11-7-4-8-12-17/h3-12,14,19H,2,13,15H2,1H3,(H,25,30)(H,26,28)(H,31,32)(H,24,27,29). The molecule has 0 aliphatic rings. The summed E-state index contributed by atoms with van der Waals surface area (Å²) in [5.41, 5.74) is 0.603. The molecule has 0 spiro atoms. The molecule has 3 rings (SSSR count). The molecule has 1 aromatic heterocycles. The van der Waals surface area contributed by atoms with E-state index in [1.165, 1.54) is 0 Å². The van der Waals surface area contributed by atoms with Gasteiger partial charge in [0.1, 0.15) is 5.56 Å². The van der Waals surface area contributed by atoms with Gasteiger partial charge in [-0.05, 0) is 17.5 Å². The van der Waals surface area contributed by atoms with Crippen molar-refractivity contribution in [2.24, 2.45) is 0 Å². The number of aromatic amines is 1. The minimum absolute atomic E-state index is 0.0698.